The molecule has 0 saturated carbocycles. The number of nitrogens with zero attached hydrogens (tertiary/aromatic N) is 3. The van der Waals surface area contributed by atoms with E-state index in [1.807, 2.05) is 30.3 Å². The molecule has 0 bridgehead atoms. The van der Waals surface area contributed by atoms with E-state index in [0.29, 0.717) is 0 Å². The minimum absolute atomic E-state index is 0.0218. The van der Waals surface area contributed by atoms with Gasteiger partial charge >= 0.3 is 0 Å². The molecule has 10 heteroatoms. The van der Waals surface area contributed by atoms with Crippen molar-refractivity contribution < 1.29 is 28.5 Å². The molecule has 0 N–H and O–H groups in total. The third kappa shape index (κ3) is 2.94. The highest BCUT2D eigenvalue weighted by atomic mass is 16.6. The highest BCUT2D eigenvalue weighted by Crippen LogP contribution is 2.54. The lowest BCUT2D eigenvalue weighted by molar-refractivity contribution is -0.384. The molecule has 0 spiro atoms. The van der Waals surface area contributed by atoms with Crippen LogP contribution in [0.15, 0.2) is 71.5 Å². The van der Waals surface area contributed by atoms with Crippen molar-refractivity contribution in [2.45, 2.75) is 12.1 Å². The van der Waals surface area contributed by atoms with Crippen LogP contribution in [-0.4, -0.2) is 40.6 Å². The molecule has 0 unspecified atom stereocenters. The molecular formula is C26H19N3O7. The molecule has 2 amide bonds. The predicted molar refractivity (Wildman–Crippen MR) is 126 cm³/mol. The highest BCUT2D eigenvalue weighted by molar-refractivity contribution is 6.25. The fraction of sp³-hybridized carbons (Fsp3) is 0.192. The van der Waals surface area contributed by atoms with Crippen LogP contribution < -0.4 is 9.64 Å². The number of hydrogen-bond acceptors (Lipinski definition) is 8. The summed E-state index contributed by atoms with van der Waals surface area (Å²) in [5.41, 5.74) is 1.39. The Kier molecular flexibility index (Phi) is 4.78. The number of hydrogen-bond donors (Lipinski definition) is 0. The van der Waals surface area contributed by atoms with Crippen molar-refractivity contribution >= 4 is 35.0 Å². The average molecular weight is 485 g/mol. The van der Waals surface area contributed by atoms with Crippen molar-refractivity contribution in [3.8, 4) is 5.75 Å². The molecule has 0 aliphatic carbocycles. The summed E-state index contributed by atoms with van der Waals surface area (Å²) in [6.45, 7) is 0. The first-order valence-corrected chi connectivity index (χ1v) is 11.2. The Morgan fingerprint density at radius 3 is 2.56 bits per heavy atom. The zero-order valence-corrected chi connectivity index (χ0v) is 18.9. The number of ketones is 1. The molecule has 180 valence electrons. The Labute approximate surface area is 204 Å². The van der Waals surface area contributed by atoms with Gasteiger partial charge in [-0.2, -0.15) is 0 Å². The number of anilines is 1. The van der Waals surface area contributed by atoms with E-state index in [9.17, 15) is 24.5 Å². The van der Waals surface area contributed by atoms with Gasteiger partial charge in [0, 0.05) is 18.3 Å². The van der Waals surface area contributed by atoms with Crippen molar-refractivity contribution in [2.75, 3.05) is 12.0 Å². The predicted octanol–water partition coefficient (Wildman–Crippen LogP) is 3.59. The normalized spacial score (nSPS) is 23.9. The number of nitro benzene ring substituents is 1. The van der Waals surface area contributed by atoms with Gasteiger partial charge in [-0.15, -0.1) is 0 Å². The average Bonchev–Trinajstić information content (AvgIpc) is 3.60. The van der Waals surface area contributed by atoms with E-state index in [4.69, 9.17) is 9.15 Å². The molecule has 2 saturated heterocycles. The standard InChI is InChI=1S/C26H19N3O7/c1-35-18-9-8-15(29(33)34)13-17(18)28-25(31)20-21(26(28)32)23(24(30)19-7-4-12-36-19)27-11-10-14-5-2-3-6-16(14)22(20)27/h2-13,20-23H,1H3/t20-,21+,22-,23-/m0/s1. The fourth-order valence-electron chi connectivity index (χ4n) is 5.63. The van der Waals surface area contributed by atoms with Crippen LogP contribution in [0.2, 0.25) is 0 Å². The van der Waals surface area contributed by atoms with E-state index in [0.717, 1.165) is 22.1 Å². The molecule has 4 heterocycles. The Hall–Kier alpha value is -4.73. The van der Waals surface area contributed by atoms with Gasteiger partial charge in [0.2, 0.25) is 17.6 Å². The summed E-state index contributed by atoms with van der Waals surface area (Å²) in [7, 11) is 1.35. The smallest absolute Gasteiger partial charge is 0.271 e. The Bertz CT molecular complexity index is 1460. The minimum atomic E-state index is -1.03. The summed E-state index contributed by atoms with van der Waals surface area (Å²) in [5, 5.41) is 11.4. The summed E-state index contributed by atoms with van der Waals surface area (Å²) in [4.78, 5) is 55.0. The number of ether oxygens (including phenoxy) is 1. The van der Waals surface area contributed by atoms with Gasteiger partial charge in [-0.25, -0.2) is 4.90 Å². The lowest BCUT2D eigenvalue weighted by Gasteiger charge is -2.35. The van der Waals surface area contributed by atoms with Crippen LogP contribution in [0.5, 0.6) is 5.75 Å². The van der Waals surface area contributed by atoms with E-state index in [2.05, 4.69) is 0 Å². The van der Waals surface area contributed by atoms with Crippen LogP contribution >= 0.6 is 0 Å². The van der Waals surface area contributed by atoms with Gasteiger partial charge < -0.3 is 14.1 Å². The van der Waals surface area contributed by atoms with Gasteiger partial charge in [-0.1, -0.05) is 24.3 Å². The topological polar surface area (TPSA) is 123 Å². The maximum absolute atomic E-state index is 14.0. The van der Waals surface area contributed by atoms with Crippen molar-refractivity contribution in [1.29, 1.82) is 0 Å². The van der Waals surface area contributed by atoms with Gasteiger partial charge in [0.25, 0.3) is 5.69 Å². The Morgan fingerprint density at radius 1 is 1.06 bits per heavy atom. The molecule has 2 fully saturated rings. The van der Waals surface area contributed by atoms with Gasteiger partial charge in [-0.05, 0) is 35.4 Å². The summed E-state index contributed by atoms with van der Waals surface area (Å²) in [5.74, 6) is -3.28. The maximum Gasteiger partial charge on any atom is 0.271 e. The molecule has 3 aromatic rings. The lowest BCUT2D eigenvalue weighted by atomic mass is 9.84. The van der Waals surface area contributed by atoms with Gasteiger partial charge in [0.1, 0.15) is 17.5 Å². The van der Waals surface area contributed by atoms with Crippen molar-refractivity contribution in [2.24, 2.45) is 11.8 Å². The summed E-state index contributed by atoms with van der Waals surface area (Å²) in [6.07, 6.45) is 4.97. The van der Waals surface area contributed by atoms with Gasteiger partial charge in [0.15, 0.2) is 5.76 Å². The largest absolute Gasteiger partial charge is 0.495 e. The molecule has 4 atom stereocenters. The zero-order chi connectivity index (χ0) is 25.1. The molecule has 0 radical (unpaired) electrons. The summed E-state index contributed by atoms with van der Waals surface area (Å²) in [6, 6.07) is 12.8. The number of Topliss-reactive ketones (excluding diaryl/α,β-unsaturated/α-hetero) is 1. The molecule has 3 aliphatic rings. The fourth-order valence-corrected chi connectivity index (χ4v) is 5.63. The second-order valence-corrected chi connectivity index (χ2v) is 8.80. The van der Waals surface area contributed by atoms with Crippen LogP contribution in [0.25, 0.3) is 6.08 Å². The third-order valence-corrected chi connectivity index (χ3v) is 7.11. The van der Waals surface area contributed by atoms with Crippen LogP contribution in [0.3, 0.4) is 0 Å². The van der Waals surface area contributed by atoms with E-state index in [-0.39, 0.29) is 22.9 Å². The highest BCUT2D eigenvalue weighted by Gasteiger charge is 2.65. The number of fused-ring (bicyclic) bond motifs is 5. The maximum atomic E-state index is 14.0. The number of amides is 2. The first-order valence-electron chi connectivity index (χ1n) is 11.2. The number of benzene rings is 2. The van der Waals surface area contributed by atoms with E-state index in [1.165, 1.54) is 31.6 Å². The van der Waals surface area contributed by atoms with Crippen LogP contribution in [-0.2, 0) is 9.59 Å². The van der Waals surface area contributed by atoms with E-state index < -0.39 is 46.4 Å². The summed E-state index contributed by atoms with van der Waals surface area (Å²) < 4.78 is 10.7. The molecular weight excluding hydrogens is 466 g/mol. The zero-order valence-electron chi connectivity index (χ0n) is 18.9. The van der Waals surface area contributed by atoms with Gasteiger partial charge in [0.05, 0.1) is 36.2 Å². The van der Waals surface area contributed by atoms with Crippen molar-refractivity contribution in [3.05, 3.63) is 94.1 Å². The Morgan fingerprint density at radius 2 is 1.83 bits per heavy atom. The first-order chi connectivity index (χ1) is 17.4. The number of non-ortho nitro benzene ring substituents is 1. The number of rotatable bonds is 5. The first kappa shape index (κ1) is 21.8. The Balaban J connectivity index is 1.52. The number of methoxy groups -OCH3 is 1. The molecule has 36 heavy (non-hydrogen) atoms. The number of imide groups is 1. The van der Waals surface area contributed by atoms with Crippen molar-refractivity contribution in [3.63, 3.8) is 0 Å². The molecule has 3 aliphatic heterocycles. The van der Waals surface area contributed by atoms with E-state index >= 15 is 0 Å². The van der Waals surface area contributed by atoms with Gasteiger partial charge in [-0.3, -0.25) is 24.5 Å². The third-order valence-electron chi connectivity index (χ3n) is 7.11. The summed E-state index contributed by atoms with van der Waals surface area (Å²) >= 11 is 0. The molecule has 2 aromatic carbocycles. The monoisotopic (exact) mass is 485 g/mol. The van der Waals surface area contributed by atoms with Crippen LogP contribution in [0.4, 0.5) is 11.4 Å². The molecule has 1 aromatic heterocycles. The van der Waals surface area contributed by atoms with Crippen molar-refractivity contribution in [1.82, 2.24) is 4.90 Å². The van der Waals surface area contributed by atoms with Crippen LogP contribution in [0.1, 0.15) is 27.7 Å². The second-order valence-electron chi connectivity index (χ2n) is 8.80. The number of carbonyl (C=O) groups is 3. The number of nitro groups is 1. The number of furan rings is 1. The minimum Gasteiger partial charge on any atom is -0.495 e. The number of carbonyl (C=O) groups excluding carboxylic acids is 3. The SMILES string of the molecule is COc1ccc([N+](=O)[O-])cc1N1C(=O)[C@@H]2[C@H](C1=O)[C@@H]1c3ccccc3C=CN1[C@@H]2C(=O)c1ccco1. The van der Waals surface area contributed by atoms with Crippen LogP contribution in [0, 0.1) is 22.0 Å². The molecule has 10 nitrogen and oxygen atoms in total. The second kappa shape index (κ2) is 7.91. The quantitative estimate of drug-likeness (QED) is 0.232. The van der Waals surface area contributed by atoms with E-state index in [1.54, 1.807) is 17.2 Å². The molecule has 6 rings (SSSR count). The lowest BCUT2D eigenvalue weighted by Crippen LogP contribution is -2.44.